The molecule has 94 valence electrons. The average molecular weight is 232 g/mol. The molecule has 5 N–H and O–H groups in total. The molecule has 7 heteroatoms. The minimum atomic E-state index is -3.23. The van der Waals surface area contributed by atoms with Gasteiger partial charge in [-0.3, -0.25) is 4.79 Å². The van der Waals surface area contributed by atoms with E-state index >= 15 is 0 Å². The molecule has 0 bridgehead atoms. The van der Waals surface area contributed by atoms with Crippen LogP contribution in [-0.4, -0.2) is 45.5 Å². The van der Waals surface area contributed by atoms with Crippen molar-refractivity contribution in [3.05, 3.63) is 0 Å². The lowest BCUT2D eigenvalue weighted by Gasteiger charge is -2.30. The van der Waals surface area contributed by atoms with Gasteiger partial charge < -0.3 is 25.5 Å². The molecular weight excluding hydrogens is 213 g/mol. The summed E-state index contributed by atoms with van der Waals surface area (Å²) in [6.45, 7) is -2.52. The van der Waals surface area contributed by atoms with Crippen LogP contribution in [0.4, 0.5) is 0 Å². The van der Waals surface area contributed by atoms with Crippen molar-refractivity contribution in [3.8, 4) is 0 Å². The van der Waals surface area contributed by atoms with Crippen LogP contribution in [0.1, 0.15) is 25.7 Å². The molecule has 0 saturated carbocycles. The molecular formula is C9H19BNO5-. The third-order valence-corrected chi connectivity index (χ3v) is 3.02. The van der Waals surface area contributed by atoms with E-state index in [1.54, 1.807) is 0 Å². The smallest absolute Gasteiger partial charge is 0.371 e. The number of carboxylic acid groups (broad SMARTS) is 1. The van der Waals surface area contributed by atoms with Gasteiger partial charge in [-0.1, -0.05) is 19.2 Å². The van der Waals surface area contributed by atoms with Gasteiger partial charge in [0.05, 0.1) is 0 Å². The van der Waals surface area contributed by atoms with E-state index < -0.39 is 18.8 Å². The monoisotopic (exact) mass is 232 g/mol. The molecule has 2 atom stereocenters. The van der Waals surface area contributed by atoms with Gasteiger partial charge in [-0.15, -0.1) is 0 Å². The Morgan fingerprint density at radius 2 is 2.06 bits per heavy atom. The van der Waals surface area contributed by atoms with Gasteiger partial charge in [0, 0.05) is 0 Å². The first-order valence-corrected chi connectivity index (χ1v) is 5.69. The molecule has 0 radical (unpaired) electrons. The molecule has 0 aromatic rings. The van der Waals surface area contributed by atoms with Gasteiger partial charge >= 0.3 is 12.7 Å². The van der Waals surface area contributed by atoms with Crippen molar-refractivity contribution < 1.29 is 25.0 Å². The summed E-state index contributed by atoms with van der Waals surface area (Å²) in [4.78, 5) is 10.9. The van der Waals surface area contributed by atoms with E-state index in [0.29, 0.717) is 19.4 Å². The van der Waals surface area contributed by atoms with E-state index in [-0.39, 0.29) is 12.2 Å². The predicted octanol–water partition coefficient (Wildman–Crippen LogP) is -0.865. The SMILES string of the molecule is O=C(O)[C@H]1NCCC[C@H]1CCC[B-](O)(O)O. The summed E-state index contributed by atoms with van der Waals surface area (Å²) in [6.07, 6.45) is 2.66. The lowest BCUT2D eigenvalue weighted by atomic mass is 9.72. The zero-order valence-corrected chi connectivity index (χ0v) is 9.17. The second-order valence-electron chi connectivity index (χ2n) is 4.50. The summed E-state index contributed by atoms with van der Waals surface area (Å²) in [6, 6.07) is -0.549. The lowest BCUT2D eigenvalue weighted by molar-refractivity contribution is -0.141. The number of aliphatic carboxylic acids is 1. The van der Waals surface area contributed by atoms with Crippen LogP contribution in [0, 0.1) is 5.92 Å². The molecule has 0 aliphatic carbocycles. The standard InChI is InChI=1S/C9H19BNO5/c12-9(13)8-7(4-2-6-11-8)3-1-5-10(14,15)16/h7-8,11,14-16H,1-6H2,(H,12,13)/q-1/t7-,8+/m1/s1. The summed E-state index contributed by atoms with van der Waals surface area (Å²) < 4.78 is 0. The van der Waals surface area contributed by atoms with Crippen LogP contribution in [0.3, 0.4) is 0 Å². The summed E-state index contributed by atoms with van der Waals surface area (Å²) in [5.74, 6) is -0.858. The van der Waals surface area contributed by atoms with E-state index in [1.807, 2.05) is 0 Å². The van der Waals surface area contributed by atoms with Gasteiger partial charge in [-0.05, 0) is 25.3 Å². The maximum atomic E-state index is 10.9. The lowest BCUT2D eigenvalue weighted by Crippen LogP contribution is -2.47. The fourth-order valence-corrected chi connectivity index (χ4v) is 2.21. The van der Waals surface area contributed by atoms with Crippen LogP contribution >= 0.6 is 0 Å². The first kappa shape index (κ1) is 13.4. The van der Waals surface area contributed by atoms with Gasteiger partial charge in [0.2, 0.25) is 0 Å². The fraction of sp³-hybridized carbons (Fsp3) is 0.889. The van der Waals surface area contributed by atoms with Crippen molar-refractivity contribution in [1.82, 2.24) is 5.32 Å². The molecule has 6 nitrogen and oxygen atoms in total. The Morgan fingerprint density at radius 1 is 1.38 bits per heavy atom. The molecule has 1 fully saturated rings. The second kappa shape index (κ2) is 5.63. The van der Waals surface area contributed by atoms with Crippen LogP contribution in [0.25, 0.3) is 0 Å². The summed E-state index contributed by atoms with van der Waals surface area (Å²) in [7, 11) is 0. The van der Waals surface area contributed by atoms with E-state index in [2.05, 4.69) is 5.32 Å². The first-order valence-electron chi connectivity index (χ1n) is 5.69. The Morgan fingerprint density at radius 3 is 2.62 bits per heavy atom. The molecule has 1 heterocycles. The van der Waals surface area contributed by atoms with Crippen molar-refractivity contribution in [1.29, 1.82) is 0 Å². The summed E-state index contributed by atoms with van der Waals surface area (Å²) >= 11 is 0. The topological polar surface area (TPSA) is 110 Å². The van der Waals surface area contributed by atoms with Crippen LogP contribution < -0.4 is 5.32 Å². The van der Waals surface area contributed by atoms with Crippen LogP contribution in [0.5, 0.6) is 0 Å². The first-order chi connectivity index (χ1) is 7.40. The maximum Gasteiger partial charge on any atom is 0.371 e. The summed E-state index contributed by atoms with van der Waals surface area (Å²) in [5.41, 5.74) is 0. The molecule has 0 unspecified atom stereocenters. The molecule has 0 amide bonds. The molecule has 1 aliphatic rings. The van der Waals surface area contributed by atoms with Crippen LogP contribution in [0.2, 0.25) is 6.32 Å². The number of carbonyl (C=O) groups is 1. The highest BCUT2D eigenvalue weighted by atomic mass is 16.5. The minimum Gasteiger partial charge on any atom is -0.560 e. The fourth-order valence-electron chi connectivity index (χ4n) is 2.21. The Balaban J connectivity index is 2.36. The Hall–Kier alpha value is -0.625. The quantitative estimate of drug-likeness (QED) is 0.394. The van der Waals surface area contributed by atoms with E-state index in [0.717, 1.165) is 12.8 Å². The number of rotatable bonds is 5. The molecule has 1 aliphatic heterocycles. The number of carboxylic acids is 1. The zero-order chi connectivity index (χ0) is 12.2. The van der Waals surface area contributed by atoms with Crippen molar-refractivity contribution in [2.75, 3.05) is 6.54 Å². The Bertz CT molecular complexity index is 243. The number of hydrogen-bond donors (Lipinski definition) is 5. The van der Waals surface area contributed by atoms with Crippen molar-refractivity contribution in [2.45, 2.75) is 38.0 Å². The van der Waals surface area contributed by atoms with Crippen molar-refractivity contribution >= 4 is 12.7 Å². The Kier molecular flexibility index (Phi) is 4.73. The average Bonchev–Trinajstić information content (AvgIpc) is 2.16. The number of nitrogens with one attached hydrogen (secondary N) is 1. The van der Waals surface area contributed by atoms with Crippen molar-refractivity contribution in [3.63, 3.8) is 0 Å². The zero-order valence-electron chi connectivity index (χ0n) is 9.17. The van der Waals surface area contributed by atoms with Gasteiger partial charge in [-0.2, -0.15) is 0 Å². The third kappa shape index (κ3) is 4.48. The Labute approximate surface area is 94.3 Å². The van der Waals surface area contributed by atoms with Crippen LogP contribution in [0.15, 0.2) is 0 Å². The highest BCUT2D eigenvalue weighted by Crippen LogP contribution is 2.23. The molecule has 0 aromatic carbocycles. The van der Waals surface area contributed by atoms with E-state index in [9.17, 15) is 4.79 Å². The normalized spacial score (nSPS) is 26.7. The van der Waals surface area contributed by atoms with E-state index in [4.69, 9.17) is 20.2 Å². The maximum absolute atomic E-state index is 10.9. The minimum absolute atomic E-state index is 0.00407. The second-order valence-corrected chi connectivity index (χ2v) is 4.50. The van der Waals surface area contributed by atoms with Gasteiger partial charge in [0.25, 0.3) is 0 Å². The van der Waals surface area contributed by atoms with E-state index in [1.165, 1.54) is 0 Å². The largest absolute Gasteiger partial charge is 0.560 e. The van der Waals surface area contributed by atoms with Gasteiger partial charge in [-0.25, -0.2) is 0 Å². The van der Waals surface area contributed by atoms with Crippen LogP contribution in [-0.2, 0) is 4.79 Å². The molecule has 1 rings (SSSR count). The third-order valence-electron chi connectivity index (χ3n) is 3.02. The highest BCUT2D eigenvalue weighted by Gasteiger charge is 2.30. The molecule has 16 heavy (non-hydrogen) atoms. The molecule has 0 spiro atoms. The summed E-state index contributed by atoms with van der Waals surface area (Å²) in [5, 5.41) is 38.2. The number of hydrogen-bond acceptors (Lipinski definition) is 5. The van der Waals surface area contributed by atoms with Gasteiger partial charge in [0.1, 0.15) is 6.04 Å². The van der Waals surface area contributed by atoms with Gasteiger partial charge in [0.15, 0.2) is 0 Å². The number of piperidine rings is 1. The highest BCUT2D eigenvalue weighted by molar-refractivity contribution is 6.56. The molecule has 0 aromatic heterocycles. The van der Waals surface area contributed by atoms with Crippen molar-refractivity contribution in [2.24, 2.45) is 5.92 Å². The predicted molar refractivity (Wildman–Crippen MR) is 58.6 cm³/mol. The molecule has 1 saturated heterocycles.